The minimum Gasteiger partial charge on any atom is -0.396 e. The Morgan fingerprint density at radius 3 is 2.67 bits per heavy atom. The van der Waals surface area contributed by atoms with Crippen LogP contribution in [0.1, 0.15) is 44.1 Å². The van der Waals surface area contributed by atoms with Crippen molar-refractivity contribution in [3.8, 4) is 0 Å². The standard InChI is InChI=1S/C18H29NO2/c20-14-6-12-18(15-21)11-5-4-9-17(18)19-13-10-16-7-2-1-3-8-16/h1-3,7-8,17,19-21H,4-6,9-15H2/t17-,18-/m1/s1. The molecule has 1 fully saturated rings. The highest BCUT2D eigenvalue weighted by molar-refractivity contribution is 5.14. The van der Waals surface area contributed by atoms with Crippen molar-refractivity contribution in [3.63, 3.8) is 0 Å². The number of rotatable bonds is 8. The summed E-state index contributed by atoms with van der Waals surface area (Å²) in [5.74, 6) is 0. The van der Waals surface area contributed by atoms with Crippen LogP contribution in [-0.2, 0) is 6.42 Å². The predicted molar refractivity (Wildman–Crippen MR) is 86.2 cm³/mol. The predicted octanol–water partition coefficient (Wildman–Crippen LogP) is 2.51. The van der Waals surface area contributed by atoms with E-state index in [-0.39, 0.29) is 18.6 Å². The van der Waals surface area contributed by atoms with E-state index in [1.807, 2.05) is 6.07 Å². The SMILES string of the molecule is OCCC[C@@]1(CO)CCCC[C@H]1NCCc1ccccc1. The van der Waals surface area contributed by atoms with Gasteiger partial charge in [-0.25, -0.2) is 0 Å². The van der Waals surface area contributed by atoms with Gasteiger partial charge in [-0.1, -0.05) is 43.2 Å². The van der Waals surface area contributed by atoms with Gasteiger partial charge in [-0.15, -0.1) is 0 Å². The second-order valence-corrected chi connectivity index (χ2v) is 6.34. The van der Waals surface area contributed by atoms with Crippen LogP contribution in [0.5, 0.6) is 0 Å². The Bertz CT molecular complexity index is 395. The molecule has 0 saturated heterocycles. The fourth-order valence-electron chi connectivity index (χ4n) is 3.66. The molecule has 0 unspecified atom stereocenters. The average molecular weight is 291 g/mol. The fraction of sp³-hybridized carbons (Fsp3) is 0.667. The molecule has 1 aromatic carbocycles. The lowest BCUT2D eigenvalue weighted by Crippen LogP contribution is -2.50. The molecule has 21 heavy (non-hydrogen) atoms. The van der Waals surface area contributed by atoms with Crippen molar-refractivity contribution >= 4 is 0 Å². The van der Waals surface area contributed by atoms with Crippen LogP contribution >= 0.6 is 0 Å². The van der Waals surface area contributed by atoms with E-state index >= 15 is 0 Å². The molecule has 3 N–H and O–H groups in total. The first-order valence-electron chi connectivity index (χ1n) is 8.30. The molecule has 1 aliphatic carbocycles. The van der Waals surface area contributed by atoms with E-state index in [1.165, 1.54) is 18.4 Å². The molecule has 2 rings (SSSR count). The highest BCUT2D eigenvalue weighted by atomic mass is 16.3. The van der Waals surface area contributed by atoms with E-state index in [0.29, 0.717) is 6.04 Å². The van der Waals surface area contributed by atoms with Crippen molar-refractivity contribution < 1.29 is 10.2 Å². The summed E-state index contributed by atoms with van der Waals surface area (Å²) in [5, 5.41) is 22.7. The molecular formula is C18H29NO2. The Kier molecular flexibility index (Phi) is 6.68. The molecule has 0 heterocycles. The minimum absolute atomic E-state index is 0.0301. The third kappa shape index (κ3) is 4.53. The number of hydrogen-bond acceptors (Lipinski definition) is 3. The Balaban J connectivity index is 1.88. The first-order valence-corrected chi connectivity index (χ1v) is 8.30. The van der Waals surface area contributed by atoms with Crippen molar-refractivity contribution in [1.82, 2.24) is 5.32 Å². The first kappa shape index (κ1) is 16.5. The van der Waals surface area contributed by atoms with E-state index in [9.17, 15) is 5.11 Å². The average Bonchev–Trinajstić information content (AvgIpc) is 2.55. The van der Waals surface area contributed by atoms with Gasteiger partial charge >= 0.3 is 0 Å². The molecule has 0 amide bonds. The number of nitrogens with one attached hydrogen (secondary N) is 1. The topological polar surface area (TPSA) is 52.5 Å². The minimum atomic E-state index is -0.0301. The van der Waals surface area contributed by atoms with E-state index in [1.54, 1.807) is 0 Å². The van der Waals surface area contributed by atoms with Crippen LogP contribution < -0.4 is 5.32 Å². The molecule has 0 radical (unpaired) electrons. The van der Waals surface area contributed by atoms with Gasteiger partial charge in [0.15, 0.2) is 0 Å². The van der Waals surface area contributed by atoms with Gasteiger partial charge in [0.1, 0.15) is 0 Å². The maximum Gasteiger partial charge on any atom is 0.0502 e. The summed E-state index contributed by atoms with van der Waals surface area (Å²) < 4.78 is 0. The maximum atomic E-state index is 9.93. The van der Waals surface area contributed by atoms with Crippen LogP contribution in [0.15, 0.2) is 30.3 Å². The van der Waals surface area contributed by atoms with Crippen LogP contribution in [-0.4, -0.2) is 36.0 Å². The Morgan fingerprint density at radius 1 is 1.14 bits per heavy atom. The van der Waals surface area contributed by atoms with Crippen molar-refractivity contribution in [2.24, 2.45) is 5.41 Å². The molecule has 0 bridgehead atoms. The number of benzene rings is 1. The van der Waals surface area contributed by atoms with Crippen LogP contribution in [0.3, 0.4) is 0 Å². The summed E-state index contributed by atoms with van der Waals surface area (Å²) in [5.41, 5.74) is 1.32. The lowest BCUT2D eigenvalue weighted by atomic mass is 9.68. The van der Waals surface area contributed by atoms with Gasteiger partial charge in [0.05, 0.1) is 6.61 Å². The van der Waals surface area contributed by atoms with Crippen LogP contribution in [0.2, 0.25) is 0 Å². The highest BCUT2D eigenvalue weighted by Crippen LogP contribution is 2.40. The van der Waals surface area contributed by atoms with E-state index in [4.69, 9.17) is 5.11 Å². The first-order chi connectivity index (χ1) is 10.3. The molecule has 0 spiro atoms. The summed E-state index contributed by atoms with van der Waals surface area (Å²) >= 11 is 0. The fourth-order valence-corrected chi connectivity index (χ4v) is 3.66. The molecule has 1 saturated carbocycles. The largest absolute Gasteiger partial charge is 0.396 e. The van der Waals surface area contributed by atoms with Crippen LogP contribution in [0, 0.1) is 5.41 Å². The number of aliphatic hydroxyl groups excluding tert-OH is 2. The lowest BCUT2D eigenvalue weighted by molar-refractivity contribution is 0.0320. The van der Waals surface area contributed by atoms with Crippen molar-refractivity contribution in [2.45, 2.75) is 51.0 Å². The zero-order valence-electron chi connectivity index (χ0n) is 12.9. The third-order valence-electron chi connectivity index (χ3n) is 4.95. The van der Waals surface area contributed by atoms with Gasteiger partial charge in [0.2, 0.25) is 0 Å². The highest BCUT2D eigenvalue weighted by Gasteiger charge is 2.39. The second-order valence-electron chi connectivity index (χ2n) is 6.34. The van der Waals surface area contributed by atoms with Crippen molar-refractivity contribution in [1.29, 1.82) is 0 Å². The second kappa shape index (κ2) is 8.52. The third-order valence-corrected chi connectivity index (χ3v) is 4.95. The zero-order valence-corrected chi connectivity index (χ0v) is 12.9. The molecule has 0 aliphatic heterocycles. The van der Waals surface area contributed by atoms with Crippen molar-refractivity contribution in [3.05, 3.63) is 35.9 Å². The molecule has 1 aliphatic rings. The normalized spacial score (nSPS) is 25.9. The van der Waals surface area contributed by atoms with Crippen LogP contribution in [0.25, 0.3) is 0 Å². The summed E-state index contributed by atoms with van der Waals surface area (Å²) in [7, 11) is 0. The molecule has 0 aromatic heterocycles. The summed E-state index contributed by atoms with van der Waals surface area (Å²) in [6, 6.07) is 10.9. The summed E-state index contributed by atoms with van der Waals surface area (Å²) in [4.78, 5) is 0. The van der Waals surface area contributed by atoms with Crippen molar-refractivity contribution in [2.75, 3.05) is 19.8 Å². The van der Waals surface area contributed by atoms with E-state index < -0.39 is 0 Å². The quantitative estimate of drug-likeness (QED) is 0.690. The molecule has 2 atom stereocenters. The molecule has 118 valence electrons. The zero-order chi connectivity index (χ0) is 15.0. The van der Waals surface area contributed by atoms with E-state index in [0.717, 1.165) is 38.6 Å². The molecule has 1 aromatic rings. The van der Waals surface area contributed by atoms with Gasteiger partial charge < -0.3 is 15.5 Å². The van der Waals surface area contributed by atoms with Gasteiger partial charge in [-0.3, -0.25) is 0 Å². The van der Waals surface area contributed by atoms with Gasteiger partial charge in [-0.05, 0) is 44.2 Å². The molecular weight excluding hydrogens is 262 g/mol. The lowest BCUT2D eigenvalue weighted by Gasteiger charge is -2.44. The summed E-state index contributed by atoms with van der Waals surface area (Å²) in [6.45, 7) is 1.41. The summed E-state index contributed by atoms with van der Waals surface area (Å²) in [6.07, 6.45) is 7.39. The van der Waals surface area contributed by atoms with Gasteiger partial charge in [-0.2, -0.15) is 0 Å². The number of hydrogen-bond donors (Lipinski definition) is 3. The Morgan fingerprint density at radius 2 is 1.95 bits per heavy atom. The molecule has 3 heteroatoms. The Labute approximate surface area is 128 Å². The van der Waals surface area contributed by atoms with Gasteiger partial charge in [0, 0.05) is 18.1 Å². The van der Waals surface area contributed by atoms with Gasteiger partial charge in [0.25, 0.3) is 0 Å². The van der Waals surface area contributed by atoms with E-state index in [2.05, 4.69) is 29.6 Å². The smallest absolute Gasteiger partial charge is 0.0502 e. The van der Waals surface area contributed by atoms with Crippen LogP contribution in [0.4, 0.5) is 0 Å². The Hall–Kier alpha value is -0.900. The molecule has 3 nitrogen and oxygen atoms in total. The monoisotopic (exact) mass is 291 g/mol. The maximum absolute atomic E-state index is 9.93. The number of aliphatic hydroxyl groups is 2.